The molecular weight excluding hydrogens is 464 g/mol. The summed E-state index contributed by atoms with van der Waals surface area (Å²) in [6.45, 7) is 7.45. The van der Waals surface area contributed by atoms with Crippen LogP contribution in [0, 0.1) is 6.92 Å². The molecule has 0 spiro atoms. The zero-order valence-electron chi connectivity index (χ0n) is 20.4. The number of aryl methyl sites for hydroxylation is 1. The quantitative estimate of drug-likeness (QED) is 0.510. The van der Waals surface area contributed by atoms with E-state index < -0.39 is 0 Å². The Morgan fingerprint density at radius 2 is 1.74 bits per heavy atom. The summed E-state index contributed by atoms with van der Waals surface area (Å²) < 4.78 is 24.2. The standard InChI is InChI=1S/C25H34N6O3S/c1-17-23-24(34-21-4-2-19(3-5-21)30-8-12-33-13-9-30)27-22(28-25(23)35-29-17)14-18-15-26-31(16-18)20-6-10-32-11-7-20/h15-16,19-21H,2-14H2,1H3. The highest BCUT2D eigenvalue weighted by Gasteiger charge is 2.29. The van der Waals surface area contributed by atoms with Crippen LogP contribution in [0.25, 0.3) is 10.2 Å². The van der Waals surface area contributed by atoms with Crippen molar-refractivity contribution in [2.24, 2.45) is 0 Å². The summed E-state index contributed by atoms with van der Waals surface area (Å²) in [5, 5.41) is 5.58. The van der Waals surface area contributed by atoms with Crippen LogP contribution in [0.15, 0.2) is 12.4 Å². The molecule has 0 aromatic carbocycles. The van der Waals surface area contributed by atoms with E-state index in [2.05, 4.69) is 25.3 Å². The number of aromatic nitrogens is 5. The minimum Gasteiger partial charge on any atom is -0.474 e. The number of nitrogens with zero attached hydrogens (tertiary/aromatic N) is 6. The molecule has 10 heteroatoms. The fourth-order valence-corrected chi connectivity index (χ4v) is 6.38. The Morgan fingerprint density at radius 1 is 0.971 bits per heavy atom. The van der Waals surface area contributed by atoms with Gasteiger partial charge in [-0.25, -0.2) is 4.98 Å². The molecule has 1 saturated carbocycles. The fraction of sp³-hybridized carbons (Fsp3) is 0.680. The Labute approximate surface area is 210 Å². The molecule has 6 rings (SSSR count). The molecule has 0 radical (unpaired) electrons. The number of ether oxygens (including phenoxy) is 3. The maximum Gasteiger partial charge on any atom is 0.227 e. The van der Waals surface area contributed by atoms with E-state index in [1.165, 1.54) is 11.5 Å². The number of rotatable bonds is 6. The Kier molecular flexibility index (Phi) is 6.95. The van der Waals surface area contributed by atoms with Gasteiger partial charge in [0.2, 0.25) is 5.88 Å². The molecule has 0 atom stereocenters. The van der Waals surface area contributed by atoms with Crippen LogP contribution in [0.2, 0.25) is 0 Å². The molecule has 1 aliphatic carbocycles. The van der Waals surface area contributed by atoms with Crippen molar-refractivity contribution in [3.63, 3.8) is 0 Å². The van der Waals surface area contributed by atoms with E-state index in [1.807, 2.05) is 13.1 Å². The molecular formula is C25H34N6O3S. The highest BCUT2D eigenvalue weighted by molar-refractivity contribution is 7.13. The molecule has 0 N–H and O–H groups in total. The van der Waals surface area contributed by atoms with Crippen LogP contribution in [0.1, 0.15) is 61.6 Å². The summed E-state index contributed by atoms with van der Waals surface area (Å²) in [6.07, 6.45) is 11.4. The van der Waals surface area contributed by atoms with Crippen molar-refractivity contribution in [2.75, 3.05) is 39.5 Å². The number of hydrogen-bond donors (Lipinski definition) is 0. The summed E-state index contributed by atoms with van der Waals surface area (Å²) >= 11 is 1.43. The van der Waals surface area contributed by atoms with E-state index in [0.717, 1.165) is 105 Å². The van der Waals surface area contributed by atoms with Gasteiger partial charge in [-0.05, 0) is 62.5 Å². The van der Waals surface area contributed by atoms with Crippen LogP contribution in [0.4, 0.5) is 0 Å². The maximum absolute atomic E-state index is 6.56. The number of hydrogen-bond acceptors (Lipinski definition) is 9. The Bertz CT molecular complexity index is 1130. The van der Waals surface area contributed by atoms with Crippen molar-refractivity contribution >= 4 is 21.7 Å². The smallest absolute Gasteiger partial charge is 0.227 e. The molecule has 3 fully saturated rings. The van der Waals surface area contributed by atoms with E-state index in [4.69, 9.17) is 24.2 Å². The SMILES string of the molecule is Cc1nsc2nc(Cc3cnn(C4CCOCC4)c3)nc(OC3CCC(N4CCOCC4)CC3)c12. The van der Waals surface area contributed by atoms with Crippen molar-refractivity contribution in [3.8, 4) is 5.88 Å². The van der Waals surface area contributed by atoms with Gasteiger partial charge in [-0.1, -0.05) is 0 Å². The van der Waals surface area contributed by atoms with Crippen LogP contribution in [0.5, 0.6) is 5.88 Å². The summed E-state index contributed by atoms with van der Waals surface area (Å²) in [4.78, 5) is 13.2. The first-order valence-electron chi connectivity index (χ1n) is 12.9. The third kappa shape index (κ3) is 5.21. The molecule has 3 aliphatic rings. The molecule has 2 aliphatic heterocycles. The highest BCUT2D eigenvalue weighted by atomic mass is 32.1. The number of fused-ring (bicyclic) bond motifs is 1. The summed E-state index contributed by atoms with van der Waals surface area (Å²) in [6, 6.07) is 1.06. The minimum absolute atomic E-state index is 0.189. The first-order chi connectivity index (χ1) is 17.2. The molecule has 35 heavy (non-hydrogen) atoms. The van der Waals surface area contributed by atoms with Crippen LogP contribution in [-0.4, -0.2) is 80.7 Å². The van der Waals surface area contributed by atoms with Gasteiger partial charge in [0.15, 0.2) is 4.83 Å². The molecule has 3 aromatic rings. The topological polar surface area (TPSA) is 87.4 Å². The third-order valence-electron chi connectivity index (χ3n) is 7.59. The fourth-order valence-electron chi connectivity index (χ4n) is 5.59. The van der Waals surface area contributed by atoms with Gasteiger partial charge in [0, 0.05) is 45.0 Å². The molecule has 5 heterocycles. The lowest BCUT2D eigenvalue weighted by Crippen LogP contribution is -2.46. The second-order valence-corrected chi connectivity index (χ2v) is 10.7. The molecule has 0 bridgehead atoms. The van der Waals surface area contributed by atoms with Crippen molar-refractivity contribution in [1.82, 2.24) is 29.0 Å². The number of morpholine rings is 1. The van der Waals surface area contributed by atoms with Crippen LogP contribution >= 0.6 is 11.5 Å². The van der Waals surface area contributed by atoms with Gasteiger partial charge in [-0.3, -0.25) is 9.58 Å². The zero-order chi connectivity index (χ0) is 23.6. The average Bonchev–Trinajstić information content (AvgIpc) is 3.52. The third-order valence-corrected chi connectivity index (χ3v) is 8.42. The summed E-state index contributed by atoms with van der Waals surface area (Å²) in [5.41, 5.74) is 2.06. The van der Waals surface area contributed by atoms with Crippen molar-refractivity contribution in [2.45, 2.75) is 70.1 Å². The second kappa shape index (κ2) is 10.5. The lowest BCUT2D eigenvalue weighted by atomic mass is 9.91. The van der Waals surface area contributed by atoms with Gasteiger partial charge in [-0.15, -0.1) is 0 Å². The molecule has 9 nitrogen and oxygen atoms in total. The minimum atomic E-state index is 0.189. The van der Waals surface area contributed by atoms with E-state index in [9.17, 15) is 0 Å². The predicted octanol–water partition coefficient (Wildman–Crippen LogP) is 3.56. The lowest BCUT2D eigenvalue weighted by molar-refractivity contribution is -0.00127. The molecule has 2 saturated heterocycles. The van der Waals surface area contributed by atoms with E-state index >= 15 is 0 Å². The lowest BCUT2D eigenvalue weighted by Gasteiger charge is -2.38. The molecule has 0 amide bonds. The van der Waals surface area contributed by atoms with Gasteiger partial charge < -0.3 is 14.2 Å². The Balaban J connectivity index is 1.15. The molecule has 188 valence electrons. The monoisotopic (exact) mass is 498 g/mol. The van der Waals surface area contributed by atoms with Crippen LogP contribution in [-0.2, 0) is 15.9 Å². The summed E-state index contributed by atoms with van der Waals surface area (Å²) in [7, 11) is 0. The first kappa shape index (κ1) is 23.3. The van der Waals surface area contributed by atoms with Gasteiger partial charge in [-0.2, -0.15) is 14.5 Å². The van der Waals surface area contributed by atoms with Gasteiger partial charge in [0.05, 0.1) is 36.5 Å². The highest BCUT2D eigenvalue weighted by Crippen LogP contribution is 2.33. The van der Waals surface area contributed by atoms with Gasteiger partial charge in [0.1, 0.15) is 11.9 Å². The van der Waals surface area contributed by atoms with Crippen molar-refractivity contribution < 1.29 is 14.2 Å². The van der Waals surface area contributed by atoms with Crippen LogP contribution in [0.3, 0.4) is 0 Å². The van der Waals surface area contributed by atoms with Gasteiger partial charge in [0.25, 0.3) is 0 Å². The van der Waals surface area contributed by atoms with Crippen LogP contribution < -0.4 is 4.74 Å². The molecule has 0 unspecified atom stereocenters. The maximum atomic E-state index is 6.56. The van der Waals surface area contributed by atoms with E-state index in [1.54, 1.807) is 0 Å². The Hall–Kier alpha value is -2.14. The normalized spacial score (nSPS) is 24.7. The van der Waals surface area contributed by atoms with Crippen molar-refractivity contribution in [3.05, 3.63) is 29.5 Å². The average molecular weight is 499 g/mol. The van der Waals surface area contributed by atoms with Crippen molar-refractivity contribution in [1.29, 1.82) is 0 Å². The van der Waals surface area contributed by atoms with Gasteiger partial charge >= 0.3 is 0 Å². The zero-order valence-corrected chi connectivity index (χ0v) is 21.2. The Morgan fingerprint density at radius 3 is 2.54 bits per heavy atom. The summed E-state index contributed by atoms with van der Waals surface area (Å²) in [5.74, 6) is 1.47. The predicted molar refractivity (Wildman–Crippen MR) is 133 cm³/mol. The second-order valence-electron chi connectivity index (χ2n) is 9.94. The van der Waals surface area contributed by atoms with E-state index in [0.29, 0.717) is 24.4 Å². The molecule has 3 aromatic heterocycles. The largest absolute Gasteiger partial charge is 0.474 e. The van der Waals surface area contributed by atoms with E-state index in [-0.39, 0.29) is 6.10 Å². The first-order valence-corrected chi connectivity index (χ1v) is 13.7.